The molecule has 0 saturated heterocycles. The lowest BCUT2D eigenvalue weighted by atomic mass is 9.82. The number of aliphatic hydroxyl groups excluding tert-OH is 1. The van der Waals surface area contributed by atoms with Crippen molar-refractivity contribution in [3.05, 3.63) is 41.2 Å². The van der Waals surface area contributed by atoms with Crippen LogP contribution in [0.1, 0.15) is 45.6 Å². The van der Waals surface area contributed by atoms with Gasteiger partial charge in [-0.2, -0.15) is 12.8 Å². The molecule has 3 aliphatic rings. The maximum absolute atomic E-state index is 13.3. The fourth-order valence-corrected chi connectivity index (χ4v) is 5.40. The molecule has 1 N–H and O–H groups in total. The fraction of sp³-hybridized carbons (Fsp3) is 0.500. The molecule has 0 radical (unpaired) electrons. The third-order valence-electron chi connectivity index (χ3n) is 5.67. The van der Waals surface area contributed by atoms with Gasteiger partial charge in [0.05, 0.1) is 10.9 Å². The Bertz CT molecular complexity index is 981. The van der Waals surface area contributed by atoms with Crippen molar-refractivity contribution in [1.29, 1.82) is 0 Å². The summed E-state index contributed by atoms with van der Waals surface area (Å²) in [6.07, 6.45) is 3.32. The van der Waals surface area contributed by atoms with Crippen molar-refractivity contribution in [2.24, 2.45) is 15.7 Å². The number of fused-ring (bicyclic) bond motifs is 1. The van der Waals surface area contributed by atoms with Crippen LogP contribution in [0.15, 0.2) is 44.9 Å². The van der Waals surface area contributed by atoms with Gasteiger partial charge >= 0.3 is 0 Å². The zero-order chi connectivity index (χ0) is 19.6. The molecule has 1 amide bonds. The maximum Gasteiger partial charge on any atom is 0.283 e. The molecule has 1 unspecified atom stereocenters. The molecule has 2 aliphatic heterocycles. The van der Waals surface area contributed by atoms with Crippen LogP contribution in [0.25, 0.3) is 0 Å². The number of carbonyl (C=O) groups excluding carboxylic acids is 1. The predicted octanol–water partition coefficient (Wildman–Crippen LogP) is 3.05. The first-order valence-electron chi connectivity index (χ1n) is 9.30. The van der Waals surface area contributed by atoms with Crippen LogP contribution in [0.2, 0.25) is 0 Å². The molecule has 27 heavy (non-hydrogen) atoms. The Morgan fingerprint density at radius 2 is 1.89 bits per heavy atom. The standard InChI is InChI=1S/C20H24N2O4S/c1-20(2,3)18-17(23)15(19(24)22(18)11-12-7-6-8-12)16-13-9-4-5-10-14(13)27(25,26)21-16/h4-5,9-10,12,18,23H,6-8,11H2,1-3H3. The van der Waals surface area contributed by atoms with Crippen molar-refractivity contribution in [3.63, 3.8) is 0 Å². The summed E-state index contributed by atoms with van der Waals surface area (Å²) in [7, 11) is -3.85. The number of hydrogen-bond acceptors (Lipinski definition) is 4. The van der Waals surface area contributed by atoms with Gasteiger partial charge in [-0.3, -0.25) is 4.79 Å². The molecular formula is C20H24N2O4S. The summed E-state index contributed by atoms with van der Waals surface area (Å²) in [6, 6.07) is 5.96. The molecule has 1 aliphatic carbocycles. The first kappa shape index (κ1) is 18.2. The van der Waals surface area contributed by atoms with E-state index in [4.69, 9.17) is 0 Å². The number of rotatable bonds is 3. The zero-order valence-electron chi connectivity index (χ0n) is 15.8. The van der Waals surface area contributed by atoms with E-state index in [2.05, 4.69) is 4.40 Å². The van der Waals surface area contributed by atoms with Crippen molar-refractivity contribution in [2.75, 3.05) is 6.54 Å². The first-order chi connectivity index (χ1) is 12.6. The van der Waals surface area contributed by atoms with E-state index in [1.165, 1.54) is 6.07 Å². The molecule has 7 heteroatoms. The fourth-order valence-electron chi connectivity index (χ4n) is 4.18. The lowest BCUT2D eigenvalue weighted by Crippen LogP contribution is -2.47. The Labute approximate surface area is 159 Å². The highest BCUT2D eigenvalue weighted by Crippen LogP contribution is 2.41. The van der Waals surface area contributed by atoms with Gasteiger partial charge in [0, 0.05) is 12.1 Å². The summed E-state index contributed by atoms with van der Waals surface area (Å²) in [4.78, 5) is 15.1. The quantitative estimate of drug-likeness (QED) is 0.862. The second-order valence-electron chi connectivity index (χ2n) is 8.69. The molecule has 144 valence electrons. The summed E-state index contributed by atoms with van der Waals surface area (Å²) in [6.45, 7) is 6.49. The monoisotopic (exact) mass is 388 g/mol. The normalized spacial score (nSPS) is 24.9. The molecule has 2 heterocycles. The van der Waals surface area contributed by atoms with E-state index in [0.717, 1.165) is 19.3 Å². The lowest BCUT2D eigenvalue weighted by molar-refractivity contribution is -0.129. The highest BCUT2D eigenvalue weighted by molar-refractivity contribution is 7.90. The lowest BCUT2D eigenvalue weighted by Gasteiger charge is -2.39. The van der Waals surface area contributed by atoms with Crippen LogP contribution >= 0.6 is 0 Å². The number of carbonyl (C=O) groups is 1. The predicted molar refractivity (Wildman–Crippen MR) is 102 cm³/mol. The molecule has 0 bridgehead atoms. The summed E-state index contributed by atoms with van der Waals surface area (Å²) in [5, 5.41) is 11.0. The Hall–Kier alpha value is -2.15. The highest BCUT2D eigenvalue weighted by Gasteiger charge is 2.49. The van der Waals surface area contributed by atoms with Gasteiger partial charge in [-0.05, 0) is 30.2 Å². The van der Waals surface area contributed by atoms with E-state index >= 15 is 0 Å². The molecule has 1 saturated carbocycles. The topological polar surface area (TPSA) is 87.0 Å². The Morgan fingerprint density at radius 3 is 2.48 bits per heavy atom. The van der Waals surface area contributed by atoms with E-state index in [9.17, 15) is 18.3 Å². The van der Waals surface area contributed by atoms with E-state index in [1.54, 1.807) is 23.1 Å². The van der Waals surface area contributed by atoms with Gasteiger partial charge in [0.25, 0.3) is 15.9 Å². The minimum Gasteiger partial charge on any atom is -0.509 e. The van der Waals surface area contributed by atoms with E-state index in [1.807, 2.05) is 20.8 Å². The molecule has 1 atom stereocenters. The molecule has 1 aromatic carbocycles. The molecule has 0 aromatic heterocycles. The van der Waals surface area contributed by atoms with E-state index in [0.29, 0.717) is 18.0 Å². The van der Waals surface area contributed by atoms with Gasteiger partial charge in [0.1, 0.15) is 17.0 Å². The van der Waals surface area contributed by atoms with Crippen LogP contribution in [0.5, 0.6) is 0 Å². The summed E-state index contributed by atoms with van der Waals surface area (Å²) in [5.74, 6) is 0.0370. The maximum atomic E-state index is 13.3. The number of benzene rings is 1. The van der Waals surface area contributed by atoms with Gasteiger partial charge in [-0.1, -0.05) is 45.4 Å². The van der Waals surface area contributed by atoms with Crippen molar-refractivity contribution >= 4 is 21.6 Å². The van der Waals surface area contributed by atoms with Crippen LogP contribution < -0.4 is 0 Å². The van der Waals surface area contributed by atoms with Crippen molar-refractivity contribution < 1.29 is 18.3 Å². The molecular weight excluding hydrogens is 364 g/mol. The number of aliphatic hydroxyl groups is 1. The summed E-state index contributed by atoms with van der Waals surface area (Å²) >= 11 is 0. The number of sulfonamides is 1. The average molecular weight is 388 g/mol. The highest BCUT2D eigenvalue weighted by atomic mass is 32.2. The van der Waals surface area contributed by atoms with Crippen molar-refractivity contribution in [2.45, 2.75) is 51.0 Å². The van der Waals surface area contributed by atoms with Crippen LogP contribution in [0, 0.1) is 11.3 Å². The Balaban J connectivity index is 1.82. The SMILES string of the molecule is CC(C)(C)C1C(O)=C(C2=NS(=O)(=O)c3ccccc32)C(=O)N1CC1CCC1. The number of nitrogens with zero attached hydrogens (tertiary/aromatic N) is 2. The van der Waals surface area contributed by atoms with Gasteiger partial charge in [0.15, 0.2) is 0 Å². The first-order valence-corrected chi connectivity index (χ1v) is 10.7. The van der Waals surface area contributed by atoms with E-state index < -0.39 is 16.1 Å². The molecule has 0 spiro atoms. The largest absolute Gasteiger partial charge is 0.509 e. The molecule has 1 fully saturated rings. The van der Waals surface area contributed by atoms with Gasteiger partial charge < -0.3 is 10.0 Å². The van der Waals surface area contributed by atoms with Crippen LogP contribution in [0.3, 0.4) is 0 Å². The van der Waals surface area contributed by atoms with Crippen molar-refractivity contribution in [3.8, 4) is 0 Å². The van der Waals surface area contributed by atoms with Crippen LogP contribution in [0.4, 0.5) is 0 Å². The van der Waals surface area contributed by atoms with Crippen LogP contribution in [-0.2, 0) is 14.8 Å². The molecule has 4 rings (SSSR count). The summed E-state index contributed by atoms with van der Waals surface area (Å²) < 4.78 is 28.7. The van der Waals surface area contributed by atoms with Crippen LogP contribution in [-0.4, -0.2) is 42.6 Å². The van der Waals surface area contributed by atoms with Gasteiger partial charge in [0.2, 0.25) is 0 Å². The number of hydrogen-bond donors (Lipinski definition) is 1. The third-order valence-corrected chi connectivity index (χ3v) is 7.00. The van der Waals surface area contributed by atoms with Crippen molar-refractivity contribution in [1.82, 2.24) is 4.90 Å². The minimum atomic E-state index is -3.85. The summed E-state index contributed by atoms with van der Waals surface area (Å²) in [5.41, 5.74) is 0.0924. The average Bonchev–Trinajstić information content (AvgIpc) is 2.94. The number of amides is 1. The van der Waals surface area contributed by atoms with E-state index in [-0.39, 0.29) is 33.3 Å². The molecule has 6 nitrogen and oxygen atoms in total. The Morgan fingerprint density at radius 1 is 1.22 bits per heavy atom. The van der Waals surface area contributed by atoms with Gasteiger partial charge in [-0.25, -0.2) is 0 Å². The minimum absolute atomic E-state index is 0.0303. The van der Waals surface area contributed by atoms with Gasteiger partial charge in [-0.15, -0.1) is 0 Å². The third kappa shape index (κ3) is 2.79. The molecule has 1 aromatic rings. The second-order valence-corrected chi connectivity index (χ2v) is 10.3. The second kappa shape index (κ2) is 5.92. The Kier molecular flexibility index (Phi) is 4.00. The zero-order valence-corrected chi connectivity index (χ0v) is 16.6. The smallest absolute Gasteiger partial charge is 0.283 e.